The molecule has 1 heterocycles. The number of ether oxygens (including phenoxy) is 1. The molecule has 1 N–H and O–H groups in total. The molecule has 0 bridgehead atoms. The summed E-state index contributed by atoms with van der Waals surface area (Å²) in [6.07, 6.45) is 2.29. The van der Waals surface area contributed by atoms with Crippen molar-refractivity contribution in [1.29, 1.82) is 0 Å². The van der Waals surface area contributed by atoms with Gasteiger partial charge in [-0.1, -0.05) is 35.3 Å². The Kier molecular flexibility index (Phi) is 6.08. The molecule has 1 amide bonds. The van der Waals surface area contributed by atoms with Gasteiger partial charge < -0.3 is 4.74 Å². The molecule has 0 aliphatic heterocycles. The van der Waals surface area contributed by atoms with Crippen LogP contribution in [0, 0.1) is 5.82 Å². The van der Waals surface area contributed by atoms with Crippen LogP contribution in [0.15, 0.2) is 48.7 Å². The molecule has 3 rings (SSSR count). The van der Waals surface area contributed by atoms with E-state index < -0.39 is 0 Å². The molecule has 0 atom stereocenters. The van der Waals surface area contributed by atoms with E-state index in [0.29, 0.717) is 27.3 Å². The number of amides is 1. The first kappa shape index (κ1) is 18.6. The van der Waals surface area contributed by atoms with Crippen LogP contribution in [0.1, 0.15) is 10.4 Å². The third-order valence-corrected chi connectivity index (χ3v) is 4.80. The maximum atomic E-state index is 12.9. The third kappa shape index (κ3) is 5.17. The van der Waals surface area contributed by atoms with Gasteiger partial charge in [0.25, 0.3) is 5.91 Å². The Hall–Kier alpha value is -2.15. The molecule has 0 saturated heterocycles. The molecule has 0 saturated carbocycles. The summed E-state index contributed by atoms with van der Waals surface area (Å²) in [6.45, 7) is -0.215. The highest BCUT2D eigenvalue weighted by molar-refractivity contribution is 7.15. The molecule has 0 radical (unpaired) electrons. The van der Waals surface area contributed by atoms with Crippen molar-refractivity contribution < 1.29 is 13.9 Å². The lowest BCUT2D eigenvalue weighted by atomic mass is 10.1. The average molecular weight is 411 g/mol. The number of carbonyl (C=O) groups excluding carboxylic acids is 1. The first-order valence-corrected chi connectivity index (χ1v) is 9.14. The number of nitrogens with one attached hydrogen (secondary N) is 1. The summed E-state index contributed by atoms with van der Waals surface area (Å²) in [7, 11) is 0. The number of thiazole rings is 1. The normalized spacial score (nSPS) is 10.6. The number of rotatable bonds is 6. The van der Waals surface area contributed by atoms with Crippen molar-refractivity contribution in [2.75, 3.05) is 11.9 Å². The zero-order chi connectivity index (χ0) is 18.5. The van der Waals surface area contributed by atoms with Crippen LogP contribution < -0.4 is 10.1 Å². The minimum Gasteiger partial charge on any atom is -0.482 e. The highest BCUT2D eigenvalue weighted by Gasteiger charge is 2.10. The van der Waals surface area contributed by atoms with E-state index in [4.69, 9.17) is 27.9 Å². The van der Waals surface area contributed by atoms with Crippen LogP contribution in [0.4, 0.5) is 9.52 Å². The fourth-order valence-corrected chi connectivity index (χ4v) is 3.33. The van der Waals surface area contributed by atoms with Crippen molar-refractivity contribution in [1.82, 2.24) is 4.98 Å². The SMILES string of the molecule is O=C(COc1cc(Cl)ccc1Cl)Nc1ncc(Cc2ccc(F)cc2)s1. The second kappa shape index (κ2) is 8.49. The summed E-state index contributed by atoms with van der Waals surface area (Å²) >= 11 is 13.2. The molecule has 8 heteroatoms. The highest BCUT2D eigenvalue weighted by Crippen LogP contribution is 2.27. The van der Waals surface area contributed by atoms with Crippen molar-refractivity contribution in [3.8, 4) is 5.75 Å². The van der Waals surface area contributed by atoms with E-state index >= 15 is 0 Å². The smallest absolute Gasteiger partial charge is 0.264 e. The predicted molar refractivity (Wildman–Crippen MR) is 102 cm³/mol. The summed E-state index contributed by atoms with van der Waals surface area (Å²) in [5.74, 6) is -0.292. The van der Waals surface area contributed by atoms with E-state index in [0.717, 1.165) is 10.4 Å². The number of carbonyl (C=O) groups is 1. The molecule has 4 nitrogen and oxygen atoms in total. The average Bonchev–Trinajstić information content (AvgIpc) is 3.04. The van der Waals surface area contributed by atoms with Crippen molar-refractivity contribution in [3.63, 3.8) is 0 Å². The van der Waals surface area contributed by atoms with Gasteiger partial charge in [0.05, 0.1) is 5.02 Å². The van der Waals surface area contributed by atoms with E-state index in [1.54, 1.807) is 36.5 Å². The van der Waals surface area contributed by atoms with E-state index in [-0.39, 0.29) is 18.3 Å². The van der Waals surface area contributed by atoms with Gasteiger partial charge >= 0.3 is 0 Å². The number of benzene rings is 2. The molecule has 2 aromatic carbocycles. The molecule has 0 spiro atoms. The quantitative estimate of drug-likeness (QED) is 0.607. The van der Waals surface area contributed by atoms with Crippen LogP contribution in [-0.4, -0.2) is 17.5 Å². The number of hydrogen-bond donors (Lipinski definition) is 1. The lowest BCUT2D eigenvalue weighted by molar-refractivity contribution is -0.118. The van der Waals surface area contributed by atoms with E-state index in [9.17, 15) is 9.18 Å². The summed E-state index contributed by atoms with van der Waals surface area (Å²) in [4.78, 5) is 17.1. The van der Waals surface area contributed by atoms with E-state index in [2.05, 4.69) is 10.3 Å². The van der Waals surface area contributed by atoms with Gasteiger partial charge in [0.15, 0.2) is 11.7 Å². The van der Waals surface area contributed by atoms with Gasteiger partial charge in [-0.05, 0) is 29.8 Å². The van der Waals surface area contributed by atoms with Crippen LogP contribution in [0.5, 0.6) is 5.75 Å². The molecule has 1 aromatic heterocycles. The fraction of sp³-hybridized carbons (Fsp3) is 0.111. The Bertz CT molecular complexity index is 916. The molecular weight excluding hydrogens is 398 g/mol. The number of nitrogens with zero attached hydrogens (tertiary/aromatic N) is 1. The largest absolute Gasteiger partial charge is 0.482 e. The Morgan fingerprint density at radius 2 is 1.96 bits per heavy atom. The van der Waals surface area contributed by atoms with Gasteiger partial charge in [-0.15, -0.1) is 11.3 Å². The summed E-state index contributed by atoms with van der Waals surface area (Å²) in [5, 5.41) is 3.98. The van der Waals surface area contributed by atoms with Crippen LogP contribution in [0.2, 0.25) is 10.0 Å². The van der Waals surface area contributed by atoms with E-state index in [1.807, 2.05) is 0 Å². The molecule has 0 aliphatic rings. The number of anilines is 1. The maximum absolute atomic E-state index is 12.9. The molecule has 26 heavy (non-hydrogen) atoms. The third-order valence-electron chi connectivity index (χ3n) is 3.34. The van der Waals surface area contributed by atoms with Gasteiger partial charge in [-0.25, -0.2) is 9.37 Å². The monoisotopic (exact) mass is 410 g/mol. The molecule has 134 valence electrons. The van der Waals surface area contributed by atoms with E-state index in [1.165, 1.54) is 23.5 Å². The zero-order valence-corrected chi connectivity index (χ0v) is 15.7. The minimum atomic E-state index is -0.358. The van der Waals surface area contributed by atoms with Crippen LogP contribution in [0.3, 0.4) is 0 Å². The van der Waals surface area contributed by atoms with Crippen LogP contribution in [0.25, 0.3) is 0 Å². The fourth-order valence-electron chi connectivity index (χ4n) is 2.14. The highest BCUT2D eigenvalue weighted by atomic mass is 35.5. The van der Waals surface area contributed by atoms with Crippen molar-refractivity contribution >= 4 is 45.6 Å². The van der Waals surface area contributed by atoms with Gasteiger partial charge in [0.1, 0.15) is 11.6 Å². The van der Waals surface area contributed by atoms with Crippen LogP contribution in [-0.2, 0) is 11.2 Å². The number of aromatic nitrogens is 1. The molecular formula is C18H13Cl2FN2O2S. The number of halogens is 3. The predicted octanol–water partition coefficient (Wildman–Crippen LogP) is 5.20. The maximum Gasteiger partial charge on any atom is 0.264 e. The molecule has 0 fully saturated rings. The first-order valence-electron chi connectivity index (χ1n) is 7.56. The first-order chi connectivity index (χ1) is 12.5. The second-order valence-corrected chi connectivity index (χ2v) is 7.31. The minimum absolute atomic E-state index is 0.215. The Balaban J connectivity index is 1.54. The topological polar surface area (TPSA) is 51.2 Å². The van der Waals surface area contributed by atoms with Crippen molar-refractivity contribution in [2.45, 2.75) is 6.42 Å². The Morgan fingerprint density at radius 1 is 1.19 bits per heavy atom. The van der Waals surface area contributed by atoms with Gasteiger partial charge in [-0.3, -0.25) is 10.1 Å². The lowest BCUT2D eigenvalue weighted by Gasteiger charge is -2.07. The molecule has 0 aliphatic carbocycles. The Labute approximate surface area is 163 Å². The number of hydrogen-bond acceptors (Lipinski definition) is 4. The summed E-state index contributed by atoms with van der Waals surface area (Å²) in [5.41, 5.74) is 0.965. The second-order valence-electron chi connectivity index (χ2n) is 5.35. The summed E-state index contributed by atoms with van der Waals surface area (Å²) < 4.78 is 18.3. The zero-order valence-electron chi connectivity index (χ0n) is 13.3. The standard InChI is InChI=1S/C18H13Cl2FN2O2S/c19-12-3-6-15(20)16(8-12)25-10-17(24)23-18-22-9-14(26-18)7-11-1-4-13(21)5-2-11/h1-6,8-9H,7,10H2,(H,22,23,24). The molecule has 0 unspecified atom stereocenters. The lowest BCUT2D eigenvalue weighted by Crippen LogP contribution is -2.20. The van der Waals surface area contributed by atoms with Gasteiger partial charge in [0, 0.05) is 28.6 Å². The van der Waals surface area contributed by atoms with Gasteiger partial charge in [0.2, 0.25) is 0 Å². The summed E-state index contributed by atoms with van der Waals surface area (Å²) in [6, 6.07) is 11.0. The van der Waals surface area contributed by atoms with Gasteiger partial charge in [-0.2, -0.15) is 0 Å². The Morgan fingerprint density at radius 3 is 2.73 bits per heavy atom. The van der Waals surface area contributed by atoms with Crippen molar-refractivity contribution in [3.05, 3.63) is 75.0 Å². The molecule has 3 aromatic rings. The van der Waals surface area contributed by atoms with Crippen LogP contribution >= 0.6 is 34.5 Å². The van der Waals surface area contributed by atoms with Crippen molar-refractivity contribution in [2.24, 2.45) is 0 Å².